The summed E-state index contributed by atoms with van der Waals surface area (Å²) in [5.74, 6) is 0. The van der Waals surface area contributed by atoms with Gasteiger partial charge in [0.2, 0.25) is 0 Å². The lowest BCUT2D eigenvalue weighted by Crippen LogP contribution is -1.90. The molecule has 9 heavy (non-hydrogen) atoms. The Kier molecular flexibility index (Phi) is 4.98. The van der Waals surface area contributed by atoms with Crippen LogP contribution in [0.25, 0.3) is 0 Å². The summed E-state index contributed by atoms with van der Waals surface area (Å²) in [6.07, 6.45) is 7.20. The second-order valence-corrected chi connectivity index (χ2v) is 2.05. The second-order valence-electron chi connectivity index (χ2n) is 2.05. The smallest absolute Gasteiger partial charge is 0.0267 e. The summed E-state index contributed by atoms with van der Waals surface area (Å²) in [4.78, 5) is 0. The number of allylic oxidation sites excluding steroid dienone is 2. The van der Waals surface area contributed by atoms with E-state index in [0.717, 1.165) is 12.1 Å². The summed E-state index contributed by atoms with van der Waals surface area (Å²) in [6, 6.07) is 0. The Bertz CT molecular complexity index is 103. The molecule has 0 aromatic heterocycles. The number of nitrogens with two attached hydrogens (primary N) is 1. The Morgan fingerprint density at radius 2 is 2.33 bits per heavy atom. The standard InChI is InChI=1S/C8H15N/c1-3-5-6-7-8(9)4-2/h4,7H,2-3,5-6,9H2,1H3/b8-7-. The van der Waals surface area contributed by atoms with Gasteiger partial charge in [-0.25, -0.2) is 0 Å². The van der Waals surface area contributed by atoms with Gasteiger partial charge in [0.25, 0.3) is 0 Å². The maximum atomic E-state index is 5.46. The molecule has 0 radical (unpaired) electrons. The van der Waals surface area contributed by atoms with Crippen LogP contribution in [0.3, 0.4) is 0 Å². The monoisotopic (exact) mass is 125 g/mol. The highest BCUT2D eigenvalue weighted by Gasteiger charge is 1.80. The van der Waals surface area contributed by atoms with Gasteiger partial charge in [-0.1, -0.05) is 32.4 Å². The van der Waals surface area contributed by atoms with Gasteiger partial charge in [-0.15, -0.1) is 0 Å². The van der Waals surface area contributed by atoms with E-state index < -0.39 is 0 Å². The minimum absolute atomic E-state index is 0.795. The number of hydrogen-bond acceptors (Lipinski definition) is 1. The molecule has 0 aromatic carbocycles. The Morgan fingerprint density at radius 1 is 1.67 bits per heavy atom. The second kappa shape index (κ2) is 5.42. The lowest BCUT2D eigenvalue weighted by molar-refractivity contribution is 0.811. The minimum atomic E-state index is 0.795. The van der Waals surface area contributed by atoms with Crippen molar-refractivity contribution < 1.29 is 0 Å². The summed E-state index contributed by atoms with van der Waals surface area (Å²) in [5.41, 5.74) is 6.25. The van der Waals surface area contributed by atoms with Crippen LogP contribution in [0.2, 0.25) is 0 Å². The minimum Gasteiger partial charge on any atom is -0.399 e. The fourth-order valence-electron chi connectivity index (χ4n) is 0.556. The van der Waals surface area contributed by atoms with E-state index in [1.807, 2.05) is 6.08 Å². The van der Waals surface area contributed by atoms with E-state index in [0.29, 0.717) is 0 Å². The highest BCUT2D eigenvalue weighted by molar-refractivity contribution is 5.10. The van der Waals surface area contributed by atoms with Crippen LogP contribution in [0.5, 0.6) is 0 Å². The first-order chi connectivity index (χ1) is 4.31. The molecule has 1 heteroatoms. The molecule has 0 aromatic rings. The molecule has 0 saturated carbocycles. The van der Waals surface area contributed by atoms with Crippen molar-refractivity contribution in [2.24, 2.45) is 5.73 Å². The van der Waals surface area contributed by atoms with Gasteiger partial charge in [0, 0.05) is 5.70 Å². The van der Waals surface area contributed by atoms with Crippen LogP contribution in [0.1, 0.15) is 26.2 Å². The Morgan fingerprint density at radius 3 is 2.78 bits per heavy atom. The van der Waals surface area contributed by atoms with Crippen molar-refractivity contribution in [3.05, 3.63) is 24.4 Å². The Balaban J connectivity index is 3.31. The lowest BCUT2D eigenvalue weighted by atomic mass is 10.2. The quantitative estimate of drug-likeness (QED) is 0.452. The van der Waals surface area contributed by atoms with Crippen LogP contribution in [-0.4, -0.2) is 0 Å². The predicted octanol–water partition coefficient (Wildman–Crippen LogP) is 2.21. The van der Waals surface area contributed by atoms with Crippen molar-refractivity contribution in [3.63, 3.8) is 0 Å². The first kappa shape index (κ1) is 8.28. The zero-order chi connectivity index (χ0) is 7.11. The Labute approximate surface area is 57.3 Å². The van der Waals surface area contributed by atoms with Crippen molar-refractivity contribution in [2.75, 3.05) is 0 Å². The average Bonchev–Trinajstić information content (AvgIpc) is 1.89. The summed E-state index contributed by atoms with van der Waals surface area (Å²) in [5, 5.41) is 0. The van der Waals surface area contributed by atoms with Crippen molar-refractivity contribution >= 4 is 0 Å². The van der Waals surface area contributed by atoms with Crippen LogP contribution in [0.4, 0.5) is 0 Å². The van der Waals surface area contributed by atoms with Gasteiger partial charge in [0.15, 0.2) is 0 Å². The van der Waals surface area contributed by atoms with E-state index in [2.05, 4.69) is 13.5 Å². The molecule has 0 amide bonds. The number of rotatable bonds is 4. The summed E-state index contributed by atoms with van der Waals surface area (Å²) in [7, 11) is 0. The lowest BCUT2D eigenvalue weighted by Gasteiger charge is -1.90. The van der Waals surface area contributed by atoms with Gasteiger partial charge < -0.3 is 5.73 Å². The zero-order valence-corrected chi connectivity index (χ0v) is 6.06. The van der Waals surface area contributed by atoms with E-state index in [4.69, 9.17) is 5.73 Å². The molecule has 1 nitrogen and oxygen atoms in total. The molecule has 0 unspecified atom stereocenters. The predicted molar refractivity (Wildman–Crippen MR) is 42.0 cm³/mol. The summed E-state index contributed by atoms with van der Waals surface area (Å²) >= 11 is 0. The number of unbranched alkanes of at least 4 members (excludes halogenated alkanes) is 2. The van der Waals surface area contributed by atoms with Crippen LogP contribution in [-0.2, 0) is 0 Å². The third kappa shape index (κ3) is 5.15. The van der Waals surface area contributed by atoms with E-state index in [1.165, 1.54) is 12.8 Å². The molecule has 0 saturated heterocycles. The first-order valence-corrected chi connectivity index (χ1v) is 3.39. The van der Waals surface area contributed by atoms with Crippen LogP contribution < -0.4 is 5.73 Å². The van der Waals surface area contributed by atoms with Gasteiger partial charge in [-0.3, -0.25) is 0 Å². The van der Waals surface area contributed by atoms with Gasteiger partial charge in [-0.05, 0) is 12.5 Å². The van der Waals surface area contributed by atoms with E-state index in [1.54, 1.807) is 6.08 Å². The molecule has 0 aliphatic heterocycles. The largest absolute Gasteiger partial charge is 0.399 e. The molecule has 0 aliphatic rings. The number of hydrogen-bond donors (Lipinski definition) is 1. The van der Waals surface area contributed by atoms with Crippen LogP contribution in [0.15, 0.2) is 24.4 Å². The van der Waals surface area contributed by atoms with Gasteiger partial charge in [-0.2, -0.15) is 0 Å². The van der Waals surface area contributed by atoms with Gasteiger partial charge >= 0.3 is 0 Å². The van der Waals surface area contributed by atoms with Crippen LogP contribution in [0, 0.1) is 0 Å². The summed E-state index contributed by atoms with van der Waals surface area (Å²) < 4.78 is 0. The Hall–Kier alpha value is -0.720. The third-order valence-corrected chi connectivity index (χ3v) is 1.17. The first-order valence-electron chi connectivity index (χ1n) is 3.39. The van der Waals surface area contributed by atoms with Gasteiger partial charge in [0.1, 0.15) is 0 Å². The highest BCUT2D eigenvalue weighted by atomic mass is 14.5. The molecule has 52 valence electrons. The topological polar surface area (TPSA) is 26.0 Å². The van der Waals surface area contributed by atoms with Crippen LogP contribution >= 0.6 is 0 Å². The third-order valence-electron chi connectivity index (χ3n) is 1.17. The van der Waals surface area contributed by atoms with E-state index >= 15 is 0 Å². The van der Waals surface area contributed by atoms with Gasteiger partial charge in [0.05, 0.1) is 0 Å². The molecular formula is C8H15N. The maximum absolute atomic E-state index is 5.46. The molecule has 0 spiro atoms. The molecular weight excluding hydrogens is 110 g/mol. The van der Waals surface area contributed by atoms with E-state index in [9.17, 15) is 0 Å². The maximum Gasteiger partial charge on any atom is 0.0267 e. The molecule has 0 rings (SSSR count). The molecule has 0 heterocycles. The SMILES string of the molecule is C=C/C(N)=C/CCCC. The fourth-order valence-corrected chi connectivity index (χ4v) is 0.556. The molecule has 2 N–H and O–H groups in total. The normalized spacial score (nSPS) is 11.4. The fraction of sp³-hybridized carbons (Fsp3) is 0.500. The highest BCUT2D eigenvalue weighted by Crippen LogP contribution is 1.96. The van der Waals surface area contributed by atoms with E-state index in [-0.39, 0.29) is 0 Å². The van der Waals surface area contributed by atoms with Crippen molar-refractivity contribution in [1.29, 1.82) is 0 Å². The molecule has 0 fully saturated rings. The average molecular weight is 125 g/mol. The molecule has 0 bridgehead atoms. The molecule has 0 aliphatic carbocycles. The van der Waals surface area contributed by atoms with Crippen molar-refractivity contribution in [1.82, 2.24) is 0 Å². The van der Waals surface area contributed by atoms with Crippen molar-refractivity contribution in [2.45, 2.75) is 26.2 Å². The van der Waals surface area contributed by atoms with Crippen molar-refractivity contribution in [3.8, 4) is 0 Å². The summed E-state index contributed by atoms with van der Waals surface area (Å²) in [6.45, 7) is 5.71. The molecule has 0 atom stereocenters. The zero-order valence-electron chi connectivity index (χ0n) is 6.06.